The van der Waals surface area contributed by atoms with E-state index in [-0.39, 0.29) is 22.3 Å². The van der Waals surface area contributed by atoms with E-state index in [1.807, 2.05) is 13.0 Å². The Hall–Kier alpha value is -3.99. The van der Waals surface area contributed by atoms with Crippen LogP contribution in [0.15, 0.2) is 42.5 Å². The van der Waals surface area contributed by atoms with Gasteiger partial charge in [-0.15, -0.1) is 0 Å². The highest BCUT2D eigenvalue weighted by atomic mass is 32.1. The number of ether oxygens (including phenoxy) is 1. The molecular formula is C26H28FN5O4S. The van der Waals surface area contributed by atoms with Crippen molar-refractivity contribution in [3.05, 3.63) is 70.0 Å². The number of nitrogen functional groups attached to an aromatic ring is 1. The summed E-state index contributed by atoms with van der Waals surface area (Å²) in [5, 5.41) is 3.05. The third kappa shape index (κ3) is 5.41. The topological polar surface area (TPSA) is 141 Å². The van der Waals surface area contributed by atoms with E-state index in [4.69, 9.17) is 16.2 Å². The van der Waals surface area contributed by atoms with Crippen molar-refractivity contribution in [1.29, 1.82) is 0 Å². The van der Waals surface area contributed by atoms with Crippen LogP contribution in [0, 0.1) is 12.7 Å². The number of nitrogens with zero attached hydrogens (tertiary/aromatic N) is 2. The Kier molecular flexibility index (Phi) is 7.72. The van der Waals surface area contributed by atoms with Crippen molar-refractivity contribution in [1.82, 2.24) is 9.69 Å². The maximum atomic E-state index is 14.2. The van der Waals surface area contributed by atoms with Crippen LogP contribution in [0.4, 0.5) is 15.8 Å². The molecule has 1 saturated carbocycles. The van der Waals surface area contributed by atoms with Gasteiger partial charge in [0.05, 0.1) is 18.5 Å². The van der Waals surface area contributed by atoms with E-state index in [1.54, 1.807) is 12.1 Å². The third-order valence-corrected chi connectivity index (χ3v) is 7.21. The van der Waals surface area contributed by atoms with Crippen molar-refractivity contribution < 1.29 is 23.5 Å². The summed E-state index contributed by atoms with van der Waals surface area (Å²) in [7, 11) is 1.45. The highest BCUT2D eigenvalue weighted by Crippen LogP contribution is 2.39. The van der Waals surface area contributed by atoms with Gasteiger partial charge in [-0.1, -0.05) is 31.0 Å². The molecule has 1 aromatic heterocycles. The number of anilines is 2. The number of carbonyl (C=O) groups is 3. The van der Waals surface area contributed by atoms with Crippen LogP contribution in [0.1, 0.15) is 63.0 Å². The summed E-state index contributed by atoms with van der Waals surface area (Å²) in [6, 6.07) is 9.34. The van der Waals surface area contributed by atoms with Gasteiger partial charge in [0.2, 0.25) is 5.91 Å². The highest BCUT2D eigenvalue weighted by molar-refractivity contribution is 7.09. The molecule has 0 spiro atoms. The molecular weight excluding hydrogens is 497 g/mol. The Morgan fingerprint density at radius 3 is 2.43 bits per heavy atom. The zero-order valence-corrected chi connectivity index (χ0v) is 21.3. The first kappa shape index (κ1) is 26.1. The van der Waals surface area contributed by atoms with Gasteiger partial charge in [0.1, 0.15) is 22.5 Å². The minimum atomic E-state index is -1.21. The molecule has 0 radical (unpaired) electrons. The first-order valence-corrected chi connectivity index (χ1v) is 12.6. The molecule has 37 heavy (non-hydrogen) atoms. The Balaban J connectivity index is 1.91. The lowest BCUT2D eigenvalue weighted by atomic mass is 10.0. The van der Waals surface area contributed by atoms with Crippen molar-refractivity contribution in [3.63, 3.8) is 0 Å². The number of aryl methyl sites for hydroxylation is 1. The van der Waals surface area contributed by atoms with Crippen LogP contribution in [0.2, 0.25) is 0 Å². The van der Waals surface area contributed by atoms with Crippen molar-refractivity contribution in [2.45, 2.75) is 44.7 Å². The number of rotatable bonds is 8. The molecule has 1 aliphatic carbocycles. The van der Waals surface area contributed by atoms with Gasteiger partial charge in [0.15, 0.2) is 5.69 Å². The lowest BCUT2D eigenvalue weighted by Gasteiger charge is -2.33. The van der Waals surface area contributed by atoms with Gasteiger partial charge in [-0.05, 0) is 66.7 Å². The van der Waals surface area contributed by atoms with Gasteiger partial charge < -0.3 is 21.5 Å². The number of carbonyl (C=O) groups excluding carboxylic acids is 3. The average molecular weight is 526 g/mol. The Morgan fingerprint density at radius 2 is 1.84 bits per heavy atom. The first-order valence-electron chi connectivity index (χ1n) is 11.8. The number of benzene rings is 2. The van der Waals surface area contributed by atoms with Crippen LogP contribution in [-0.2, 0) is 4.79 Å². The highest BCUT2D eigenvalue weighted by Gasteiger charge is 2.38. The fourth-order valence-corrected chi connectivity index (χ4v) is 5.25. The van der Waals surface area contributed by atoms with E-state index in [2.05, 4.69) is 9.69 Å². The number of primary amides is 1. The predicted molar refractivity (Wildman–Crippen MR) is 139 cm³/mol. The van der Waals surface area contributed by atoms with E-state index in [1.165, 1.54) is 36.3 Å². The molecule has 1 fully saturated rings. The van der Waals surface area contributed by atoms with Crippen molar-refractivity contribution in [2.24, 2.45) is 5.73 Å². The van der Waals surface area contributed by atoms with Crippen molar-refractivity contribution in [3.8, 4) is 5.75 Å². The quantitative estimate of drug-likeness (QED) is 0.409. The number of halogens is 1. The fourth-order valence-electron chi connectivity index (χ4n) is 4.51. The maximum Gasteiger partial charge on any atom is 0.273 e. The second-order valence-corrected chi connectivity index (χ2v) is 9.71. The van der Waals surface area contributed by atoms with Crippen molar-refractivity contribution >= 4 is 40.6 Å². The Labute approximate surface area is 217 Å². The second kappa shape index (κ2) is 11.0. The molecule has 1 heterocycles. The fraction of sp³-hybridized carbons (Fsp3) is 0.308. The SMILES string of the molecule is COc1ccc(C)cc1N(C(=O)c1snc(C(N)=O)c1N)[C@H](C(=O)NC1CCCC1)c1ccc(F)cc1. The summed E-state index contributed by atoms with van der Waals surface area (Å²) in [6.07, 6.45) is 3.64. The van der Waals surface area contributed by atoms with Crippen molar-refractivity contribution in [2.75, 3.05) is 17.7 Å². The smallest absolute Gasteiger partial charge is 0.273 e. The van der Waals surface area contributed by atoms with E-state index in [0.717, 1.165) is 31.2 Å². The summed E-state index contributed by atoms with van der Waals surface area (Å²) in [5.74, 6) is -2.14. The van der Waals surface area contributed by atoms with Gasteiger partial charge >= 0.3 is 0 Å². The zero-order chi connectivity index (χ0) is 26.7. The normalized spacial score (nSPS) is 14.2. The molecule has 0 unspecified atom stereocenters. The molecule has 194 valence electrons. The minimum absolute atomic E-state index is 0.0401. The summed E-state index contributed by atoms with van der Waals surface area (Å²) >= 11 is 0.713. The van der Waals surface area contributed by atoms with E-state index in [0.29, 0.717) is 28.5 Å². The molecule has 3 aromatic rings. The zero-order valence-electron chi connectivity index (χ0n) is 20.5. The van der Waals surface area contributed by atoms with Crippen LogP contribution in [0.3, 0.4) is 0 Å². The Bertz CT molecular complexity index is 1320. The third-order valence-electron chi connectivity index (χ3n) is 6.36. The monoisotopic (exact) mass is 525 g/mol. The molecule has 3 amide bonds. The number of nitrogens with two attached hydrogens (primary N) is 2. The van der Waals surface area contributed by atoms with Crippen LogP contribution < -0.4 is 26.4 Å². The average Bonchev–Trinajstić information content (AvgIpc) is 3.52. The van der Waals surface area contributed by atoms with Gasteiger partial charge in [0, 0.05) is 6.04 Å². The largest absolute Gasteiger partial charge is 0.495 e. The standard InChI is InChI=1S/C26H28FN5O4S/c1-14-7-12-19(36-2)18(13-14)32(26(35)23-20(28)21(24(29)33)31-37-23)22(15-8-10-16(27)11-9-15)25(34)30-17-5-3-4-6-17/h7-13,17,22H,3-6,28H2,1-2H3,(H2,29,33)(H,30,34)/t22-/m0/s1. The molecule has 4 rings (SSSR count). The minimum Gasteiger partial charge on any atom is -0.495 e. The van der Waals surface area contributed by atoms with E-state index in [9.17, 15) is 18.8 Å². The lowest BCUT2D eigenvalue weighted by Crippen LogP contribution is -2.46. The molecule has 1 aliphatic rings. The number of methoxy groups -OCH3 is 1. The van der Waals surface area contributed by atoms with Gasteiger partial charge in [-0.2, -0.15) is 4.37 Å². The summed E-state index contributed by atoms with van der Waals surface area (Å²) < 4.78 is 23.4. The summed E-state index contributed by atoms with van der Waals surface area (Å²) in [6.45, 7) is 1.84. The number of aromatic nitrogens is 1. The molecule has 0 bridgehead atoms. The molecule has 0 aliphatic heterocycles. The van der Waals surface area contributed by atoms with Gasteiger partial charge in [-0.25, -0.2) is 4.39 Å². The molecule has 1 atom stereocenters. The number of hydrogen-bond donors (Lipinski definition) is 3. The predicted octanol–water partition coefficient (Wildman–Crippen LogP) is 3.73. The van der Waals surface area contributed by atoms with Gasteiger partial charge in [0.25, 0.3) is 11.8 Å². The maximum absolute atomic E-state index is 14.2. The van der Waals surface area contributed by atoms with E-state index < -0.39 is 29.6 Å². The van der Waals surface area contributed by atoms with Crippen LogP contribution in [0.5, 0.6) is 5.75 Å². The molecule has 0 saturated heterocycles. The second-order valence-electron chi connectivity index (χ2n) is 8.93. The van der Waals surface area contributed by atoms with E-state index >= 15 is 0 Å². The molecule has 5 N–H and O–H groups in total. The summed E-state index contributed by atoms with van der Waals surface area (Å²) in [5.41, 5.74) is 12.6. The number of nitrogens with one attached hydrogen (secondary N) is 1. The lowest BCUT2D eigenvalue weighted by molar-refractivity contribution is -0.123. The summed E-state index contributed by atoms with van der Waals surface area (Å²) in [4.78, 5) is 41.0. The molecule has 11 heteroatoms. The first-order chi connectivity index (χ1) is 17.7. The van der Waals surface area contributed by atoms with Crippen LogP contribution >= 0.6 is 11.5 Å². The van der Waals surface area contributed by atoms with Gasteiger partial charge in [-0.3, -0.25) is 19.3 Å². The molecule has 2 aromatic carbocycles. The number of hydrogen-bond acceptors (Lipinski definition) is 7. The molecule has 9 nitrogen and oxygen atoms in total. The number of amides is 3. The van der Waals surface area contributed by atoms with Crippen LogP contribution in [0.25, 0.3) is 0 Å². The Morgan fingerprint density at radius 1 is 1.16 bits per heavy atom. The van der Waals surface area contributed by atoms with Crippen LogP contribution in [-0.4, -0.2) is 35.2 Å².